The molecule has 7 heteroatoms. The fourth-order valence-corrected chi connectivity index (χ4v) is 2.27. The van der Waals surface area contributed by atoms with Crippen LogP contribution in [-0.4, -0.2) is 26.6 Å². The molecule has 0 heterocycles. The van der Waals surface area contributed by atoms with Crippen LogP contribution in [0.1, 0.15) is 25.3 Å². The lowest BCUT2D eigenvalue weighted by molar-refractivity contribution is -0.120. The van der Waals surface area contributed by atoms with Crippen LogP contribution in [0.2, 0.25) is 0 Å². The first-order valence-electron chi connectivity index (χ1n) is 6.25. The first-order chi connectivity index (χ1) is 9.37. The smallest absolute Gasteiger partial charge is 0.341 e. The Morgan fingerprint density at radius 2 is 1.85 bits per heavy atom. The van der Waals surface area contributed by atoms with Gasteiger partial charge in [-0.1, -0.05) is 25.5 Å². The molecule has 0 unspecified atom stereocenters. The van der Waals surface area contributed by atoms with Crippen LogP contribution in [-0.2, 0) is 21.1 Å². The highest BCUT2D eigenvalue weighted by atomic mass is 32.2. The molecule has 0 spiro atoms. The molecule has 1 aromatic carbocycles. The molecule has 1 aromatic rings. The molecule has 4 nitrogen and oxygen atoms in total. The SMILES string of the molecule is CCCCNC(=O)Cc1ccc(S(=O)(=O)C(F)F)cc1. The third-order valence-corrected chi connectivity index (χ3v) is 4.10. The van der Waals surface area contributed by atoms with Crippen molar-refractivity contribution in [1.29, 1.82) is 0 Å². The second-order valence-corrected chi connectivity index (χ2v) is 6.25. The Morgan fingerprint density at radius 1 is 1.25 bits per heavy atom. The molecule has 1 rings (SSSR count). The zero-order valence-corrected chi connectivity index (χ0v) is 11.9. The predicted octanol–water partition coefficient (Wildman–Crippen LogP) is 2.14. The van der Waals surface area contributed by atoms with E-state index in [4.69, 9.17) is 0 Å². The van der Waals surface area contributed by atoms with Gasteiger partial charge in [0.1, 0.15) is 0 Å². The molecule has 0 aliphatic rings. The highest BCUT2D eigenvalue weighted by molar-refractivity contribution is 7.91. The Hall–Kier alpha value is -1.50. The third-order valence-electron chi connectivity index (χ3n) is 2.70. The van der Waals surface area contributed by atoms with Crippen LogP contribution < -0.4 is 5.32 Å². The Balaban J connectivity index is 2.66. The third kappa shape index (κ3) is 4.56. The van der Waals surface area contributed by atoms with Crippen molar-refractivity contribution < 1.29 is 22.0 Å². The van der Waals surface area contributed by atoms with Gasteiger partial charge in [-0.25, -0.2) is 8.42 Å². The minimum Gasteiger partial charge on any atom is -0.356 e. The first-order valence-corrected chi connectivity index (χ1v) is 7.80. The highest BCUT2D eigenvalue weighted by Gasteiger charge is 2.26. The molecule has 1 amide bonds. The van der Waals surface area contributed by atoms with Gasteiger partial charge < -0.3 is 5.32 Å². The van der Waals surface area contributed by atoms with Crippen molar-refractivity contribution in [3.05, 3.63) is 29.8 Å². The summed E-state index contributed by atoms with van der Waals surface area (Å²) in [5.41, 5.74) is 0.576. The average Bonchev–Trinajstić information content (AvgIpc) is 2.39. The zero-order chi connectivity index (χ0) is 15.2. The standard InChI is InChI=1S/C13H17F2NO3S/c1-2-3-8-16-12(17)9-10-4-6-11(7-5-10)20(18,19)13(14)15/h4-7,13H,2-3,8-9H2,1H3,(H,16,17). The molecule has 0 aliphatic carbocycles. The Bertz CT molecular complexity index is 541. The van der Waals surface area contributed by atoms with E-state index in [1.165, 1.54) is 12.1 Å². The average molecular weight is 305 g/mol. The topological polar surface area (TPSA) is 63.2 Å². The number of alkyl halides is 2. The fraction of sp³-hybridized carbons (Fsp3) is 0.462. The van der Waals surface area contributed by atoms with Gasteiger partial charge in [-0.15, -0.1) is 0 Å². The van der Waals surface area contributed by atoms with Crippen LogP contribution >= 0.6 is 0 Å². The number of rotatable bonds is 7. The fourth-order valence-electron chi connectivity index (χ4n) is 1.55. The number of benzene rings is 1. The number of halogens is 2. The molecule has 0 bridgehead atoms. The van der Waals surface area contributed by atoms with E-state index in [0.29, 0.717) is 12.1 Å². The molecule has 0 radical (unpaired) electrons. The number of hydrogen-bond donors (Lipinski definition) is 1. The van der Waals surface area contributed by atoms with Crippen molar-refractivity contribution in [3.63, 3.8) is 0 Å². The van der Waals surface area contributed by atoms with Gasteiger partial charge in [-0.2, -0.15) is 8.78 Å². The number of nitrogens with one attached hydrogen (secondary N) is 1. The maximum atomic E-state index is 12.3. The Kier molecular flexibility index (Phi) is 6.06. The van der Waals surface area contributed by atoms with Gasteiger partial charge in [0.2, 0.25) is 15.7 Å². The predicted molar refractivity (Wildman–Crippen MR) is 71.3 cm³/mol. The van der Waals surface area contributed by atoms with Crippen molar-refractivity contribution in [2.45, 2.75) is 36.8 Å². The van der Waals surface area contributed by atoms with E-state index in [-0.39, 0.29) is 12.3 Å². The summed E-state index contributed by atoms with van der Waals surface area (Å²) in [7, 11) is -4.57. The van der Waals surface area contributed by atoms with E-state index in [9.17, 15) is 22.0 Å². The van der Waals surface area contributed by atoms with E-state index in [1.807, 2.05) is 6.92 Å². The molecule has 0 saturated heterocycles. The molecule has 0 atom stereocenters. The monoisotopic (exact) mass is 305 g/mol. The molecule has 112 valence electrons. The Labute approximate surface area is 117 Å². The van der Waals surface area contributed by atoms with E-state index < -0.39 is 20.5 Å². The summed E-state index contributed by atoms with van der Waals surface area (Å²) in [6, 6.07) is 4.93. The number of unbranched alkanes of at least 4 members (excludes halogenated alkanes) is 1. The lowest BCUT2D eigenvalue weighted by Crippen LogP contribution is -2.25. The van der Waals surface area contributed by atoms with Crippen molar-refractivity contribution in [1.82, 2.24) is 5.32 Å². The van der Waals surface area contributed by atoms with Gasteiger partial charge in [-0.05, 0) is 24.1 Å². The second kappa shape index (κ2) is 7.33. The van der Waals surface area contributed by atoms with Gasteiger partial charge in [0.15, 0.2) is 0 Å². The highest BCUT2D eigenvalue weighted by Crippen LogP contribution is 2.18. The number of sulfone groups is 1. The zero-order valence-electron chi connectivity index (χ0n) is 11.1. The second-order valence-electron chi connectivity index (χ2n) is 4.33. The lowest BCUT2D eigenvalue weighted by Gasteiger charge is -2.06. The summed E-state index contributed by atoms with van der Waals surface area (Å²) in [5.74, 6) is -3.62. The largest absolute Gasteiger partial charge is 0.356 e. The van der Waals surface area contributed by atoms with Crippen LogP contribution in [0.3, 0.4) is 0 Å². The quantitative estimate of drug-likeness (QED) is 0.785. The van der Waals surface area contributed by atoms with Crippen molar-refractivity contribution in [2.75, 3.05) is 6.54 Å². The Morgan fingerprint density at radius 3 is 2.35 bits per heavy atom. The minimum absolute atomic E-state index is 0.0960. The van der Waals surface area contributed by atoms with Gasteiger partial charge in [0, 0.05) is 6.54 Å². The van der Waals surface area contributed by atoms with E-state index in [0.717, 1.165) is 25.0 Å². The van der Waals surface area contributed by atoms with Crippen LogP contribution in [0, 0.1) is 0 Å². The molecule has 0 fully saturated rings. The van der Waals surface area contributed by atoms with Crippen molar-refractivity contribution >= 4 is 15.7 Å². The molecule has 0 saturated carbocycles. The van der Waals surface area contributed by atoms with Crippen molar-refractivity contribution in [2.24, 2.45) is 0 Å². The minimum atomic E-state index is -4.57. The van der Waals surface area contributed by atoms with Gasteiger partial charge >= 0.3 is 5.76 Å². The number of carbonyl (C=O) groups excluding carboxylic acids is 1. The van der Waals surface area contributed by atoms with Crippen LogP contribution in [0.15, 0.2) is 29.2 Å². The number of amides is 1. The molecule has 1 N–H and O–H groups in total. The van der Waals surface area contributed by atoms with Gasteiger partial charge in [0.25, 0.3) is 0 Å². The molecule has 0 aliphatic heterocycles. The van der Waals surface area contributed by atoms with E-state index in [2.05, 4.69) is 5.32 Å². The summed E-state index contributed by atoms with van der Waals surface area (Å²) in [6.45, 7) is 2.60. The summed E-state index contributed by atoms with van der Waals surface area (Å²) in [4.78, 5) is 11.1. The molecular weight excluding hydrogens is 288 g/mol. The normalized spacial score (nSPS) is 11.6. The maximum Gasteiger partial charge on any atom is 0.341 e. The number of carbonyl (C=O) groups is 1. The molecule has 0 aromatic heterocycles. The number of hydrogen-bond acceptors (Lipinski definition) is 3. The first kappa shape index (κ1) is 16.6. The van der Waals surface area contributed by atoms with Crippen molar-refractivity contribution in [3.8, 4) is 0 Å². The van der Waals surface area contributed by atoms with E-state index in [1.54, 1.807) is 0 Å². The van der Waals surface area contributed by atoms with Crippen LogP contribution in [0.4, 0.5) is 8.78 Å². The molecular formula is C13H17F2NO3S. The van der Waals surface area contributed by atoms with Gasteiger partial charge in [-0.3, -0.25) is 4.79 Å². The van der Waals surface area contributed by atoms with Gasteiger partial charge in [0.05, 0.1) is 11.3 Å². The van der Waals surface area contributed by atoms with E-state index >= 15 is 0 Å². The summed E-state index contributed by atoms with van der Waals surface area (Å²) < 4.78 is 47.1. The summed E-state index contributed by atoms with van der Waals surface area (Å²) in [6.07, 6.45) is 1.95. The molecule has 20 heavy (non-hydrogen) atoms. The maximum absolute atomic E-state index is 12.3. The lowest BCUT2D eigenvalue weighted by atomic mass is 10.1. The summed E-state index contributed by atoms with van der Waals surface area (Å²) >= 11 is 0. The van der Waals surface area contributed by atoms with Crippen LogP contribution in [0.5, 0.6) is 0 Å². The summed E-state index contributed by atoms with van der Waals surface area (Å²) in [5, 5.41) is 2.72. The van der Waals surface area contributed by atoms with Crippen LogP contribution in [0.25, 0.3) is 0 Å².